The molecule has 2 heterocycles. The molecule has 0 spiro atoms. The van der Waals surface area contributed by atoms with E-state index in [0.717, 1.165) is 23.6 Å². The van der Waals surface area contributed by atoms with Crippen LogP contribution in [0.15, 0.2) is 59.9 Å². The van der Waals surface area contributed by atoms with Gasteiger partial charge in [0.1, 0.15) is 11.6 Å². The van der Waals surface area contributed by atoms with Crippen LogP contribution < -0.4 is 0 Å². The summed E-state index contributed by atoms with van der Waals surface area (Å²) in [6.45, 7) is 0. The third kappa shape index (κ3) is 3.05. The van der Waals surface area contributed by atoms with Gasteiger partial charge >= 0.3 is 0 Å². The minimum atomic E-state index is -0.304. The fourth-order valence-electron chi connectivity index (χ4n) is 3.32. The molecule has 0 bridgehead atoms. The van der Waals surface area contributed by atoms with Gasteiger partial charge in [0.15, 0.2) is 11.0 Å². The predicted molar refractivity (Wildman–Crippen MR) is 105 cm³/mol. The van der Waals surface area contributed by atoms with E-state index < -0.39 is 0 Å². The molecule has 0 radical (unpaired) electrons. The zero-order valence-corrected chi connectivity index (χ0v) is 15.7. The van der Waals surface area contributed by atoms with Crippen molar-refractivity contribution in [3.8, 4) is 11.4 Å². The van der Waals surface area contributed by atoms with E-state index in [4.69, 9.17) is 0 Å². The van der Waals surface area contributed by atoms with Crippen LogP contribution in [-0.2, 0) is 5.75 Å². The van der Waals surface area contributed by atoms with Gasteiger partial charge in [0, 0.05) is 23.4 Å². The summed E-state index contributed by atoms with van der Waals surface area (Å²) in [5.41, 5.74) is 2.05. The maximum atomic E-state index is 14.3. The van der Waals surface area contributed by atoms with Crippen LogP contribution in [-0.4, -0.2) is 19.7 Å². The molecule has 2 aromatic heterocycles. The van der Waals surface area contributed by atoms with Gasteiger partial charge in [-0.1, -0.05) is 30.0 Å². The monoisotopic (exact) mass is 394 g/mol. The molecule has 140 valence electrons. The number of pyridine rings is 1. The Labute approximate surface area is 164 Å². The van der Waals surface area contributed by atoms with Gasteiger partial charge in [-0.15, -0.1) is 10.2 Å². The highest BCUT2D eigenvalue weighted by Gasteiger charge is 2.31. The average Bonchev–Trinajstić information content (AvgIpc) is 3.48. The molecule has 28 heavy (non-hydrogen) atoms. The molecule has 0 saturated heterocycles. The van der Waals surface area contributed by atoms with Gasteiger partial charge in [-0.2, -0.15) is 0 Å². The van der Waals surface area contributed by atoms with E-state index in [2.05, 4.69) is 15.2 Å². The maximum Gasteiger partial charge on any atom is 0.192 e. The van der Waals surface area contributed by atoms with E-state index in [1.165, 1.54) is 23.9 Å². The summed E-state index contributed by atoms with van der Waals surface area (Å²) < 4.78 is 30.3. The molecule has 0 atom stereocenters. The third-order valence-electron chi connectivity index (χ3n) is 4.85. The van der Waals surface area contributed by atoms with Crippen LogP contribution >= 0.6 is 11.8 Å². The van der Waals surface area contributed by atoms with Crippen molar-refractivity contribution in [1.82, 2.24) is 19.7 Å². The predicted octanol–water partition coefficient (Wildman–Crippen LogP) is 5.40. The van der Waals surface area contributed by atoms with Crippen molar-refractivity contribution >= 4 is 22.7 Å². The third-order valence-corrected chi connectivity index (χ3v) is 5.84. The number of hydrogen-bond donors (Lipinski definition) is 0. The highest BCUT2D eigenvalue weighted by Crippen LogP contribution is 2.42. The molecule has 4 nitrogen and oxygen atoms in total. The largest absolute Gasteiger partial charge is 0.299 e. The Hall–Kier alpha value is -2.80. The first-order chi connectivity index (χ1) is 13.7. The van der Waals surface area contributed by atoms with Crippen molar-refractivity contribution in [2.75, 3.05) is 0 Å². The SMILES string of the molecule is Fc1ccccc1-c1nnc(SCc2ccc(F)c3cccnc23)n1C1CC1. The van der Waals surface area contributed by atoms with Gasteiger partial charge < -0.3 is 0 Å². The Kier molecular flexibility index (Phi) is 4.31. The fraction of sp³-hybridized carbons (Fsp3) is 0.190. The van der Waals surface area contributed by atoms with Gasteiger partial charge in [0.05, 0.1) is 11.1 Å². The second kappa shape index (κ2) is 6.98. The summed E-state index contributed by atoms with van der Waals surface area (Å²) in [4.78, 5) is 4.34. The summed E-state index contributed by atoms with van der Waals surface area (Å²) in [7, 11) is 0. The van der Waals surface area contributed by atoms with E-state index in [1.54, 1.807) is 42.6 Å². The second-order valence-electron chi connectivity index (χ2n) is 6.78. The Balaban J connectivity index is 1.49. The number of hydrogen-bond acceptors (Lipinski definition) is 4. The number of rotatable bonds is 5. The molecule has 0 amide bonds. The van der Waals surface area contributed by atoms with Gasteiger partial charge in [-0.3, -0.25) is 9.55 Å². The first kappa shape index (κ1) is 17.3. The lowest BCUT2D eigenvalue weighted by molar-refractivity contribution is 0.622. The first-order valence-corrected chi connectivity index (χ1v) is 10.1. The molecule has 0 unspecified atom stereocenters. The van der Waals surface area contributed by atoms with Gasteiger partial charge in [0.25, 0.3) is 0 Å². The van der Waals surface area contributed by atoms with Crippen LogP contribution in [0, 0.1) is 11.6 Å². The first-order valence-electron chi connectivity index (χ1n) is 9.07. The smallest absolute Gasteiger partial charge is 0.192 e. The Morgan fingerprint density at radius 3 is 2.64 bits per heavy atom. The zero-order valence-electron chi connectivity index (χ0n) is 14.8. The van der Waals surface area contributed by atoms with E-state index in [-0.39, 0.29) is 11.6 Å². The van der Waals surface area contributed by atoms with Gasteiger partial charge in [-0.05, 0) is 48.7 Å². The standard InChI is InChI=1S/C21H16F2N4S/c22-17-6-2-1-4-16(17)20-25-26-21(27(20)14-8-9-14)28-12-13-7-10-18(23)15-5-3-11-24-19(13)15/h1-7,10-11,14H,8-9,12H2. The Morgan fingerprint density at radius 1 is 0.964 bits per heavy atom. The highest BCUT2D eigenvalue weighted by molar-refractivity contribution is 7.98. The lowest BCUT2D eigenvalue weighted by Gasteiger charge is -2.10. The molecule has 7 heteroatoms. The summed E-state index contributed by atoms with van der Waals surface area (Å²) in [5.74, 6) is 0.558. The van der Waals surface area contributed by atoms with E-state index in [9.17, 15) is 8.78 Å². The number of fused-ring (bicyclic) bond motifs is 1. The lowest BCUT2D eigenvalue weighted by Crippen LogP contribution is -2.01. The van der Waals surface area contributed by atoms with Crippen LogP contribution in [0.4, 0.5) is 8.78 Å². The average molecular weight is 394 g/mol. The van der Waals surface area contributed by atoms with Crippen LogP contribution in [0.5, 0.6) is 0 Å². The minimum absolute atomic E-state index is 0.278. The molecular formula is C21H16F2N4S. The fourth-order valence-corrected chi connectivity index (χ4v) is 4.31. The Morgan fingerprint density at radius 2 is 1.82 bits per heavy atom. The lowest BCUT2D eigenvalue weighted by atomic mass is 10.1. The van der Waals surface area contributed by atoms with Crippen LogP contribution in [0.25, 0.3) is 22.3 Å². The summed E-state index contributed by atoms with van der Waals surface area (Å²) in [6.07, 6.45) is 3.74. The molecule has 1 aliphatic rings. The number of halogens is 2. The van der Waals surface area contributed by atoms with Crippen molar-refractivity contribution in [3.05, 3.63) is 71.9 Å². The Bertz CT molecular complexity index is 1170. The van der Waals surface area contributed by atoms with Crippen LogP contribution in [0.3, 0.4) is 0 Å². The van der Waals surface area contributed by atoms with Gasteiger partial charge in [-0.25, -0.2) is 8.78 Å². The normalized spacial score (nSPS) is 13.9. The highest BCUT2D eigenvalue weighted by atomic mass is 32.2. The van der Waals surface area contributed by atoms with Gasteiger partial charge in [0.2, 0.25) is 0 Å². The molecule has 5 rings (SSSR count). The summed E-state index contributed by atoms with van der Waals surface area (Å²) in [5, 5.41) is 9.85. The molecule has 4 aromatic rings. The quantitative estimate of drug-likeness (QED) is 0.425. The van der Waals surface area contributed by atoms with E-state index in [1.807, 2.05) is 4.57 Å². The minimum Gasteiger partial charge on any atom is -0.299 e. The topological polar surface area (TPSA) is 43.6 Å². The molecule has 2 aromatic carbocycles. The number of aromatic nitrogens is 4. The second-order valence-corrected chi connectivity index (χ2v) is 7.72. The number of benzene rings is 2. The van der Waals surface area contributed by atoms with Crippen molar-refractivity contribution in [2.45, 2.75) is 29.8 Å². The van der Waals surface area contributed by atoms with Crippen LogP contribution in [0.2, 0.25) is 0 Å². The van der Waals surface area contributed by atoms with Crippen LogP contribution in [0.1, 0.15) is 24.4 Å². The van der Waals surface area contributed by atoms with Crippen molar-refractivity contribution in [2.24, 2.45) is 0 Å². The maximum absolute atomic E-state index is 14.3. The summed E-state index contributed by atoms with van der Waals surface area (Å²) >= 11 is 1.51. The molecule has 0 aliphatic heterocycles. The molecule has 1 fully saturated rings. The van der Waals surface area contributed by atoms with Crippen molar-refractivity contribution in [1.29, 1.82) is 0 Å². The van der Waals surface area contributed by atoms with Crippen molar-refractivity contribution < 1.29 is 8.78 Å². The van der Waals surface area contributed by atoms with E-state index >= 15 is 0 Å². The molecule has 1 aliphatic carbocycles. The molecule has 0 N–H and O–H groups in total. The molecule has 1 saturated carbocycles. The molecular weight excluding hydrogens is 378 g/mol. The van der Waals surface area contributed by atoms with E-state index in [0.29, 0.717) is 34.1 Å². The summed E-state index contributed by atoms with van der Waals surface area (Å²) in [6, 6.07) is 13.6. The number of thioether (sulfide) groups is 1. The zero-order chi connectivity index (χ0) is 19.1. The number of nitrogens with zero attached hydrogens (tertiary/aromatic N) is 4. The van der Waals surface area contributed by atoms with Crippen molar-refractivity contribution in [3.63, 3.8) is 0 Å².